The molecule has 1 N–H and O–H groups in total. The van der Waals surface area contributed by atoms with Crippen molar-refractivity contribution in [2.45, 2.75) is 64.0 Å². The minimum atomic E-state index is -0.193. The molecular weight excluding hydrogens is 308 g/mol. The number of carbonyl (C=O) groups excluding carboxylic acids is 1. The molecule has 1 aliphatic carbocycles. The Balaban J connectivity index is 1.41. The van der Waals surface area contributed by atoms with Gasteiger partial charge in [-0.05, 0) is 25.7 Å². The van der Waals surface area contributed by atoms with Gasteiger partial charge in [0.2, 0.25) is 11.8 Å². The lowest BCUT2D eigenvalue weighted by molar-refractivity contribution is -0.133. The molecule has 2 fully saturated rings. The van der Waals surface area contributed by atoms with Gasteiger partial charge in [0.1, 0.15) is 0 Å². The van der Waals surface area contributed by atoms with E-state index in [0.717, 1.165) is 64.1 Å². The van der Waals surface area contributed by atoms with Crippen LogP contribution in [0, 0.1) is 0 Å². The summed E-state index contributed by atoms with van der Waals surface area (Å²) in [6.45, 7) is 5.27. The third-order valence-corrected chi connectivity index (χ3v) is 5.12. The van der Waals surface area contributed by atoms with Crippen LogP contribution in [0.4, 0.5) is 0 Å². The van der Waals surface area contributed by atoms with E-state index in [1.807, 2.05) is 4.90 Å². The van der Waals surface area contributed by atoms with Crippen molar-refractivity contribution in [3.8, 4) is 0 Å². The fourth-order valence-electron chi connectivity index (χ4n) is 3.74. The van der Waals surface area contributed by atoms with Gasteiger partial charge >= 0.3 is 0 Å². The normalized spacial score (nSPS) is 25.3. The van der Waals surface area contributed by atoms with E-state index in [-0.39, 0.29) is 18.1 Å². The van der Waals surface area contributed by atoms with Gasteiger partial charge in [-0.25, -0.2) is 0 Å². The first kappa shape index (κ1) is 17.4. The Labute approximate surface area is 143 Å². The average molecular weight is 336 g/mol. The predicted molar refractivity (Wildman–Crippen MR) is 88.4 cm³/mol. The molecule has 0 radical (unpaired) electrons. The summed E-state index contributed by atoms with van der Waals surface area (Å²) >= 11 is 0. The molecule has 1 aromatic heterocycles. The molecule has 2 atom stereocenters. The maximum Gasteiger partial charge on any atom is 0.227 e. The van der Waals surface area contributed by atoms with Crippen LogP contribution in [-0.4, -0.2) is 69.3 Å². The predicted octanol–water partition coefficient (Wildman–Crippen LogP) is 1.01. The van der Waals surface area contributed by atoms with Gasteiger partial charge in [0.15, 0.2) is 5.82 Å². The molecule has 1 saturated heterocycles. The van der Waals surface area contributed by atoms with Gasteiger partial charge in [-0.1, -0.05) is 12.1 Å². The number of amides is 1. The van der Waals surface area contributed by atoms with Crippen LogP contribution in [0.3, 0.4) is 0 Å². The second kappa shape index (κ2) is 8.07. The molecule has 0 unspecified atom stereocenters. The van der Waals surface area contributed by atoms with Gasteiger partial charge in [0.25, 0.3) is 0 Å². The number of nitrogens with zero attached hydrogens (tertiary/aromatic N) is 4. The molecule has 0 bridgehead atoms. The molecule has 2 heterocycles. The van der Waals surface area contributed by atoms with E-state index >= 15 is 0 Å². The van der Waals surface area contributed by atoms with Crippen molar-refractivity contribution in [2.75, 3.05) is 26.2 Å². The van der Waals surface area contributed by atoms with Crippen LogP contribution >= 0.6 is 0 Å². The number of carbonyl (C=O) groups is 1. The molecule has 0 spiro atoms. The Morgan fingerprint density at radius 2 is 2.04 bits per heavy atom. The van der Waals surface area contributed by atoms with Crippen LogP contribution in [0.5, 0.6) is 0 Å². The van der Waals surface area contributed by atoms with Crippen molar-refractivity contribution >= 4 is 5.91 Å². The maximum atomic E-state index is 12.4. The zero-order chi connectivity index (χ0) is 16.9. The minimum absolute atomic E-state index is 0.150. The lowest BCUT2D eigenvalue weighted by Crippen LogP contribution is -2.53. The zero-order valence-electron chi connectivity index (χ0n) is 14.5. The second-order valence-electron chi connectivity index (χ2n) is 6.84. The highest BCUT2D eigenvalue weighted by Gasteiger charge is 2.33. The Morgan fingerprint density at radius 1 is 1.25 bits per heavy atom. The van der Waals surface area contributed by atoms with Crippen molar-refractivity contribution in [2.24, 2.45) is 0 Å². The van der Waals surface area contributed by atoms with E-state index in [4.69, 9.17) is 4.52 Å². The number of hydrogen-bond acceptors (Lipinski definition) is 6. The summed E-state index contributed by atoms with van der Waals surface area (Å²) in [5.74, 6) is 1.43. The first-order chi connectivity index (χ1) is 11.7. The summed E-state index contributed by atoms with van der Waals surface area (Å²) in [7, 11) is 0. The third-order valence-electron chi connectivity index (χ3n) is 5.12. The molecule has 7 nitrogen and oxygen atoms in total. The summed E-state index contributed by atoms with van der Waals surface area (Å²) in [6.07, 6.45) is 5.62. The van der Waals surface area contributed by atoms with Crippen LogP contribution in [-0.2, 0) is 17.6 Å². The summed E-state index contributed by atoms with van der Waals surface area (Å²) in [6, 6.07) is 0.289. The van der Waals surface area contributed by atoms with Crippen molar-refractivity contribution in [3.63, 3.8) is 0 Å². The second-order valence-corrected chi connectivity index (χ2v) is 6.84. The number of piperazine rings is 1. The van der Waals surface area contributed by atoms with Crippen LogP contribution in [0.15, 0.2) is 4.52 Å². The molecule has 1 saturated carbocycles. The van der Waals surface area contributed by atoms with E-state index < -0.39 is 0 Å². The Morgan fingerprint density at radius 3 is 2.71 bits per heavy atom. The van der Waals surface area contributed by atoms with E-state index in [1.165, 1.54) is 0 Å². The van der Waals surface area contributed by atoms with Gasteiger partial charge in [0, 0.05) is 51.5 Å². The quantitative estimate of drug-likeness (QED) is 0.835. The van der Waals surface area contributed by atoms with E-state index in [1.54, 1.807) is 0 Å². The van der Waals surface area contributed by atoms with Crippen molar-refractivity contribution < 1.29 is 14.4 Å². The van der Waals surface area contributed by atoms with Crippen LogP contribution in [0.2, 0.25) is 0 Å². The van der Waals surface area contributed by atoms with Gasteiger partial charge in [-0.3, -0.25) is 9.69 Å². The molecule has 1 amide bonds. The lowest BCUT2D eigenvalue weighted by atomic mass is 10.1. The molecular formula is C17H28N4O3. The van der Waals surface area contributed by atoms with Crippen molar-refractivity contribution in [3.05, 3.63) is 11.7 Å². The number of aryl methyl sites for hydroxylation is 2. The standard InChI is InChI=1S/C17H28N4O3/c1-2-4-15-18-16(24-19-15)7-8-17(23)21-11-9-20(10-12-21)13-5-3-6-14(13)22/h13-14,22H,2-12H2,1H3/t13-,14+/m0/s1. The molecule has 134 valence electrons. The number of rotatable bonds is 6. The van der Waals surface area contributed by atoms with E-state index in [9.17, 15) is 9.90 Å². The molecule has 24 heavy (non-hydrogen) atoms. The maximum absolute atomic E-state index is 12.4. The molecule has 3 rings (SSSR count). The number of aliphatic hydroxyl groups is 1. The van der Waals surface area contributed by atoms with Gasteiger partial charge in [0.05, 0.1) is 6.10 Å². The van der Waals surface area contributed by atoms with Gasteiger partial charge in [-0.2, -0.15) is 4.98 Å². The number of aliphatic hydroxyl groups excluding tert-OH is 1. The molecule has 7 heteroatoms. The first-order valence-electron chi connectivity index (χ1n) is 9.18. The van der Waals surface area contributed by atoms with Crippen LogP contribution < -0.4 is 0 Å². The molecule has 2 aliphatic rings. The third kappa shape index (κ3) is 4.13. The lowest BCUT2D eigenvalue weighted by Gasteiger charge is -2.39. The van der Waals surface area contributed by atoms with Crippen LogP contribution in [0.25, 0.3) is 0 Å². The zero-order valence-corrected chi connectivity index (χ0v) is 14.5. The fourth-order valence-corrected chi connectivity index (χ4v) is 3.74. The Bertz CT molecular complexity index is 540. The van der Waals surface area contributed by atoms with Gasteiger partial charge < -0.3 is 14.5 Å². The summed E-state index contributed by atoms with van der Waals surface area (Å²) in [5, 5.41) is 13.9. The summed E-state index contributed by atoms with van der Waals surface area (Å²) < 4.78 is 5.18. The Kier molecular flexibility index (Phi) is 5.84. The molecule has 1 aliphatic heterocycles. The van der Waals surface area contributed by atoms with Crippen LogP contribution in [0.1, 0.15) is 50.7 Å². The highest BCUT2D eigenvalue weighted by molar-refractivity contribution is 5.76. The summed E-state index contributed by atoms with van der Waals surface area (Å²) in [5.41, 5.74) is 0. The van der Waals surface area contributed by atoms with E-state index in [2.05, 4.69) is 22.0 Å². The highest BCUT2D eigenvalue weighted by Crippen LogP contribution is 2.25. The monoisotopic (exact) mass is 336 g/mol. The first-order valence-corrected chi connectivity index (χ1v) is 9.18. The van der Waals surface area contributed by atoms with Crippen molar-refractivity contribution in [1.82, 2.24) is 19.9 Å². The number of hydrogen-bond donors (Lipinski definition) is 1. The summed E-state index contributed by atoms with van der Waals surface area (Å²) in [4.78, 5) is 20.9. The highest BCUT2D eigenvalue weighted by atomic mass is 16.5. The Hall–Kier alpha value is -1.47. The van der Waals surface area contributed by atoms with Crippen molar-refractivity contribution in [1.29, 1.82) is 0 Å². The molecule has 0 aromatic carbocycles. The largest absolute Gasteiger partial charge is 0.391 e. The minimum Gasteiger partial charge on any atom is -0.391 e. The molecule has 1 aromatic rings. The topological polar surface area (TPSA) is 82.7 Å². The van der Waals surface area contributed by atoms with E-state index in [0.29, 0.717) is 18.7 Å². The fraction of sp³-hybridized carbons (Fsp3) is 0.824. The average Bonchev–Trinajstić information content (AvgIpc) is 3.22. The smallest absolute Gasteiger partial charge is 0.227 e. The SMILES string of the molecule is CCCc1noc(CCC(=O)N2CCN([C@H]3CCC[C@H]3O)CC2)n1. The number of aromatic nitrogens is 2. The van der Waals surface area contributed by atoms with Gasteiger partial charge in [-0.15, -0.1) is 0 Å².